The molecular formula is C11H14N4O5S. The van der Waals surface area contributed by atoms with Gasteiger partial charge in [0, 0.05) is 37.8 Å². The topological polar surface area (TPSA) is 136 Å². The van der Waals surface area contributed by atoms with Crippen LogP contribution in [0.25, 0.3) is 0 Å². The molecule has 21 heavy (non-hydrogen) atoms. The number of carbonyl (C=O) groups excluding carboxylic acids is 1. The van der Waals surface area contributed by atoms with Crippen molar-refractivity contribution in [3.05, 3.63) is 28.3 Å². The number of nitro benzene ring substituents is 1. The minimum absolute atomic E-state index is 0.0159. The molecule has 1 amide bonds. The second kappa shape index (κ2) is 5.66. The van der Waals surface area contributed by atoms with Crippen molar-refractivity contribution in [3.63, 3.8) is 0 Å². The van der Waals surface area contributed by atoms with Crippen LogP contribution in [0, 0.1) is 10.1 Å². The first-order chi connectivity index (χ1) is 9.82. The highest BCUT2D eigenvalue weighted by Crippen LogP contribution is 2.28. The lowest BCUT2D eigenvalue weighted by Crippen LogP contribution is -2.34. The summed E-state index contributed by atoms with van der Waals surface area (Å²) in [6, 6.07) is 3.41. The number of nitrogens with two attached hydrogens (primary N) is 1. The maximum atomic E-state index is 12.5. The molecule has 1 aliphatic heterocycles. The molecule has 0 radical (unpaired) electrons. The predicted octanol–water partition coefficient (Wildman–Crippen LogP) is -0.312. The maximum absolute atomic E-state index is 12.5. The Morgan fingerprint density at radius 3 is 2.71 bits per heavy atom. The van der Waals surface area contributed by atoms with E-state index in [0.717, 1.165) is 16.4 Å². The van der Waals surface area contributed by atoms with Crippen LogP contribution in [-0.2, 0) is 14.8 Å². The lowest BCUT2D eigenvalue weighted by molar-refractivity contribution is -0.387. The van der Waals surface area contributed by atoms with E-state index in [2.05, 4.69) is 5.32 Å². The molecular weight excluding hydrogens is 300 g/mol. The molecule has 0 unspecified atom stereocenters. The van der Waals surface area contributed by atoms with Crippen molar-refractivity contribution in [2.45, 2.75) is 11.3 Å². The van der Waals surface area contributed by atoms with Gasteiger partial charge >= 0.3 is 0 Å². The minimum Gasteiger partial charge on any atom is -0.399 e. The third-order valence-electron chi connectivity index (χ3n) is 3.07. The molecule has 0 aliphatic carbocycles. The normalized spacial score (nSPS) is 17.0. The smallest absolute Gasteiger partial charge is 0.291 e. The molecule has 1 saturated heterocycles. The molecule has 1 aromatic rings. The fourth-order valence-electron chi connectivity index (χ4n) is 2.02. The van der Waals surface area contributed by atoms with Gasteiger partial charge in [0.05, 0.1) is 4.92 Å². The van der Waals surface area contributed by atoms with Crippen LogP contribution < -0.4 is 11.1 Å². The van der Waals surface area contributed by atoms with E-state index in [0.29, 0.717) is 0 Å². The zero-order valence-corrected chi connectivity index (χ0v) is 11.8. The molecule has 0 bridgehead atoms. The highest BCUT2D eigenvalue weighted by Gasteiger charge is 2.32. The average molecular weight is 314 g/mol. The second-order valence-corrected chi connectivity index (χ2v) is 6.39. The molecule has 0 spiro atoms. The van der Waals surface area contributed by atoms with Crippen molar-refractivity contribution >= 4 is 27.3 Å². The second-order valence-electron chi connectivity index (χ2n) is 4.49. The number of nitro groups is 1. The number of rotatable bonds is 3. The van der Waals surface area contributed by atoms with Gasteiger partial charge in [0.25, 0.3) is 5.69 Å². The van der Waals surface area contributed by atoms with Gasteiger partial charge < -0.3 is 11.1 Å². The van der Waals surface area contributed by atoms with E-state index in [1.807, 2.05) is 0 Å². The Labute approximate surface area is 120 Å². The van der Waals surface area contributed by atoms with Crippen LogP contribution in [0.3, 0.4) is 0 Å². The number of anilines is 1. The first-order valence-electron chi connectivity index (χ1n) is 6.13. The summed E-state index contributed by atoms with van der Waals surface area (Å²) >= 11 is 0. The number of nitrogens with zero attached hydrogens (tertiary/aromatic N) is 2. The Hall–Kier alpha value is -2.20. The van der Waals surface area contributed by atoms with Crippen LogP contribution >= 0.6 is 0 Å². The van der Waals surface area contributed by atoms with E-state index in [-0.39, 0.29) is 37.6 Å². The van der Waals surface area contributed by atoms with Crippen molar-refractivity contribution in [2.24, 2.45) is 0 Å². The van der Waals surface area contributed by atoms with Crippen LogP contribution in [0.15, 0.2) is 23.1 Å². The number of nitrogens with one attached hydrogen (secondary N) is 1. The van der Waals surface area contributed by atoms with E-state index >= 15 is 0 Å². The summed E-state index contributed by atoms with van der Waals surface area (Å²) in [5, 5.41) is 13.6. The van der Waals surface area contributed by atoms with Crippen molar-refractivity contribution in [3.8, 4) is 0 Å². The first-order valence-corrected chi connectivity index (χ1v) is 7.57. The van der Waals surface area contributed by atoms with Gasteiger partial charge in [-0.25, -0.2) is 8.42 Å². The summed E-state index contributed by atoms with van der Waals surface area (Å²) in [5.41, 5.74) is 5.00. The van der Waals surface area contributed by atoms with Gasteiger partial charge in [-0.15, -0.1) is 0 Å². The van der Waals surface area contributed by atoms with E-state index in [4.69, 9.17) is 5.73 Å². The average Bonchev–Trinajstić information content (AvgIpc) is 2.63. The summed E-state index contributed by atoms with van der Waals surface area (Å²) in [4.78, 5) is 21.1. The highest BCUT2D eigenvalue weighted by atomic mass is 32.2. The van der Waals surface area contributed by atoms with Crippen LogP contribution in [0.5, 0.6) is 0 Å². The van der Waals surface area contributed by atoms with Crippen LogP contribution in [0.1, 0.15) is 6.42 Å². The summed E-state index contributed by atoms with van der Waals surface area (Å²) in [7, 11) is -4.06. The lowest BCUT2D eigenvalue weighted by atomic mass is 10.3. The number of sulfonamides is 1. The molecule has 3 N–H and O–H groups in total. The Kier molecular flexibility index (Phi) is 4.09. The summed E-state index contributed by atoms with van der Waals surface area (Å²) < 4.78 is 26.1. The van der Waals surface area contributed by atoms with Crippen LogP contribution in [-0.4, -0.2) is 43.2 Å². The third-order valence-corrected chi connectivity index (χ3v) is 5.02. The zero-order valence-electron chi connectivity index (χ0n) is 11.0. The van der Waals surface area contributed by atoms with Crippen LogP contribution in [0.2, 0.25) is 0 Å². The van der Waals surface area contributed by atoms with E-state index < -0.39 is 25.5 Å². The SMILES string of the molecule is Nc1ccc(S(=O)(=O)N2CCNC(=O)CC2)c([N+](=O)[O-])c1. The van der Waals surface area contributed by atoms with Gasteiger partial charge in [-0.2, -0.15) is 4.31 Å². The molecule has 1 heterocycles. The van der Waals surface area contributed by atoms with Crippen molar-refractivity contribution in [1.82, 2.24) is 9.62 Å². The third kappa shape index (κ3) is 3.11. The fourth-order valence-corrected chi connectivity index (χ4v) is 3.60. The van der Waals surface area contributed by atoms with Gasteiger partial charge in [-0.3, -0.25) is 14.9 Å². The van der Waals surface area contributed by atoms with E-state index in [9.17, 15) is 23.3 Å². The summed E-state index contributed by atoms with van der Waals surface area (Å²) in [5.74, 6) is -0.250. The fraction of sp³-hybridized carbons (Fsp3) is 0.364. The molecule has 10 heteroatoms. The van der Waals surface area contributed by atoms with E-state index in [1.54, 1.807) is 0 Å². The Bertz CT molecular complexity index is 688. The van der Waals surface area contributed by atoms with Gasteiger partial charge in [0.15, 0.2) is 4.90 Å². The Morgan fingerprint density at radius 1 is 1.33 bits per heavy atom. The predicted molar refractivity (Wildman–Crippen MR) is 73.9 cm³/mol. The number of nitrogen functional groups attached to an aromatic ring is 1. The molecule has 9 nitrogen and oxygen atoms in total. The Morgan fingerprint density at radius 2 is 2.05 bits per heavy atom. The van der Waals surface area contributed by atoms with Crippen molar-refractivity contribution < 1.29 is 18.1 Å². The van der Waals surface area contributed by atoms with E-state index in [1.165, 1.54) is 6.07 Å². The minimum atomic E-state index is -4.06. The summed E-state index contributed by atoms with van der Waals surface area (Å²) in [6.07, 6.45) is 0.0159. The monoisotopic (exact) mass is 314 g/mol. The lowest BCUT2D eigenvalue weighted by Gasteiger charge is -2.19. The maximum Gasteiger partial charge on any atom is 0.291 e. The molecule has 1 aliphatic rings. The van der Waals surface area contributed by atoms with Crippen molar-refractivity contribution in [2.75, 3.05) is 25.4 Å². The number of amides is 1. The van der Waals surface area contributed by atoms with Gasteiger partial charge in [-0.05, 0) is 12.1 Å². The summed E-state index contributed by atoms with van der Waals surface area (Å²) in [6.45, 7) is 0.214. The largest absolute Gasteiger partial charge is 0.399 e. The molecule has 2 rings (SSSR count). The molecule has 114 valence electrons. The molecule has 1 fully saturated rings. The molecule has 0 saturated carbocycles. The number of hydrogen-bond donors (Lipinski definition) is 2. The zero-order chi connectivity index (χ0) is 15.6. The number of carbonyl (C=O) groups is 1. The van der Waals surface area contributed by atoms with Crippen molar-refractivity contribution in [1.29, 1.82) is 0 Å². The molecule has 0 atom stereocenters. The number of benzene rings is 1. The quantitative estimate of drug-likeness (QED) is 0.446. The standard InChI is InChI=1S/C11H14N4O5S/c12-8-1-2-10(9(7-8)15(17)18)21(19,20)14-5-3-11(16)13-4-6-14/h1-2,7H,3-6,12H2,(H,13,16). The van der Waals surface area contributed by atoms with Crippen LogP contribution in [0.4, 0.5) is 11.4 Å². The number of hydrogen-bond acceptors (Lipinski definition) is 6. The highest BCUT2D eigenvalue weighted by molar-refractivity contribution is 7.89. The first kappa shape index (κ1) is 15.2. The van der Waals surface area contributed by atoms with Gasteiger partial charge in [0.1, 0.15) is 0 Å². The molecule has 0 aromatic heterocycles. The molecule has 1 aromatic carbocycles. The Balaban J connectivity index is 2.44. The van der Waals surface area contributed by atoms with Gasteiger partial charge in [-0.1, -0.05) is 0 Å². The van der Waals surface area contributed by atoms with Gasteiger partial charge in [0.2, 0.25) is 15.9 Å².